The summed E-state index contributed by atoms with van der Waals surface area (Å²) in [5.41, 5.74) is 4.52. The minimum atomic E-state index is -0.811. The molecule has 2 aliphatic heterocycles. The van der Waals surface area contributed by atoms with E-state index in [-0.39, 0.29) is 11.3 Å². The van der Waals surface area contributed by atoms with Gasteiger partial charge in [-0.25, -0.2) is 0 Å². The standard InChI is InChI=1S/C30H31N3O4/c1-19-17-20(2)29(37-3)24(18-19)27(34)25-26(21-11-13-31-14-12-21)33(30(36)28(25)35)23-9-7-22(8-10-23)32-15-5-4-6-16-32/h7-14,17-18,26,34H,4-6,15-16H2,1-3H3/b27-25+. The van der Waals surface area contributed by atoms with Gasteiger partial charge in [-0.15, -0.1) is 0 Å². The summed E-state index contributed by atoms with van der Waals surface area (Å²) in [6.07, 6.45) is 6.82. The summed E-state index contributed by atoms with van der Waals surface area (Å²) in [6, 6.07) is 14.2. The van der Waals surface area contributed by atoms with E-state index in [1.807, 2.05) is 44.2 Å². The molecule has 0 bridgehead atoms. The molecule has 3 aromatic rings. The van der Waals surface area contributed by atoms with Crippen LogP contribution in [0.4, 0.5) is 11.4 Å². The van der Waals surface area contributed by atoms with Gasteiger partial charge in [0.25, 0.3) is 11.7 Å². The topological polar surface area (TPSA) is 83.0 Å². The fraction of sp³-hybridized carbons (Fsp3) is 0.300. The van der Waals surface area contributed by atoms with Crippen LogP contribution in [0.15, 0.2) is 66.5 Å². The fourth-order valence-electron chi connectivity index (χ4n) is 5.48. The summed E-state index contributed by atoms with van der Waals surface area (Å²) in [5, 5.41) is 11.6. The van der Waals surface area contributed by atoms with Crippen LogP contribution in [0.25, 0.3) is 5.76 Å². The van der Waals surface area contributed by atoms with Crippen molar-refractivity contribution in [3.8, 4) is 5.75 Å². The van der Waals surface area contributed by atoms with Gasteiger partial charge >= 0.3 is 0 Å². The lowest BCUT2D eigenvalue weighted by Crippen LogP contribution is -2.30. The molecule has 0 saturated carbocycles. The number of ether oxygens (including phenoxy) is 1. The fourth-order valence-corrected chi connectivity index (χ4v) is 5.48. The molecule has 2 fully saturated rings. The summed E-state index contributed by atoms with van der Waals surface area (Å²) in [7, 11) is 1.53. The third-order valence-corrected chi connectivity index (χ3v) is 7.19. The van der Waals surface area contributed by atoms with E-state index in [1.54, 1.807) is 30.6 Å². The van der Waals surface area contributed by atoms with E-state index in [9.17, 15) is 14.7 Å². The van der Waals surface area contributed by atoms with Crippen molar-refractivity contribution in [2.45, 2.75) is 39.2 Å². The van der Waals surface area contributed by atoms with Gasteiger partial charge in [0.15, 0.2) is 0 Å². The smallest absolute Gasteiger partial charge is 0.300 e. The van der Waals surface area contributed by atoms with Crippen molar-refractivity contribution in [3.63, 3.8) is 0 Å². The Bertz CT molecular complexity index is 1360. The number of pyridine rings is 1. The Morgan fingerprint density at radius 2 is 1.59 bits per heavy atom. The lowest BCUT2D eigenvalue weighted by Gasteiger charge is -2.30. The van der Waals surface area contributed by atoms with E-state index in [0.717, 1.165) is 29.9 Å². The molecule has 1 atom stereocenters. The second kappa shape index (κ2) is 10.1. The largest absolute Gasteiger partial charge is 0.507 e. The number of benzene rings is 2. The van der Waals surface area contributed by atoms with Crippen LogP contribution in [0, 0.1) is 13.8 Å². The van der Waals surface area contributed by atoms with Crippen LogP contribution < -0.4 is 14.5 Å². The predicted octanol–water partition coefficient (Wildman–Crippen LogP) is 5.32. The number of hydrogen-bond acceptors (Lipinski definition) is 6. The zero-order chi connectivity index (χ0) is 26.1. The normalized spacial score (nSPS) is 19.4. The first kappa shape index (κ1) is 24.6. The molecule has 2 saturated heterocycles. The van der Waals surface area contributed by atoms with Crippen molar-refractivity contribution in [1.82, 2.24) is 4.98 Å². The van der Waals surface area contributed by atoms with Crippen molar-refractivity contribution in [2.24, 2.45) is 0 Å². The van der Waals surface area contributed by atoms with Crippen molar-refractivity contribution >= 4 is 28.8 Å². The number of rotatable bonds is 5. The van der Waals surface area contributed by atoms with E-state index in [0.29, 0.717) is 22.6 Å². The predicted molar refractivity (Wildman–Crippen MR) is 144 cm³/mol. The molecule has 0 radical (unpaired) electrons. The van der Waals surface area contributed by atoms with Crippen LogP contribution in [0.3, 0.4) is 0 Å². The van der Waals surface area contributed by atoms with Crippen molar-refractivity contribution in [1.29, 1.82) is 0 Å². The van der Waals surface area contributed by atoms with Crippen LogP contribution in [0.2, 0.25) is 0 Å². The Labute approximate surface area is 217 Å². The van der Waals surface area contributed by atoms with Crippen molar-refractivity contribution < 1.29 is 19.4 Å². The van der Waals surface area contributed by atoms with E-state index >= 15 is 0 Å². The van der Waals surface area contributed by atoms with Crippen LogP contribution in [-0.2, 0) is 9.59 Å². The number of ketones is 1. The Morgan fingerprint density at radius 3 is 2.24 bits per heavy atom. The van der Waals surface area contributed by atoms with E-state index < -0.39 is 17.7 Å². The Kier molecular flexibility index (Phi) is 6.70. The molecule has 1 unspecified atom stereocenters. The van der Waals surface area contributed by atoms with Gasteiger partial charge in [-0.05, 0) is 92.3 Å². The van der Waals surface area contributed by atoms with Crippen LogP contribution in [0.5, 0.6) is 5.75 Å². The first-order valence-electron chi connectivity index (χ1n) is 12.6. The van der Waals surface area contributed by atoms with Gasteiger partial charge in [0.1, 0.15) is 11.5 Å². The molecular weight excluding hydrogens is 466 g/mol. The number of aliphatic hydroxyl groups is 1. The lowest BCUT2D eigenvalue weighted by atomic mass is 9.94. The number of nitrogens with zero attached hydrogens (tertiary/aromatic N) is 3. The Hall–Kier alpha value is -4.13. The summed E-state index contributed by atoms with van der Waals surface area (Å²) in [4.78, 5) is 34.9. The highest BCUT2D eigenvalue weighted by atomic mass is 16.5. The molecule has 1 N–H and O–H groups in total. The number of piperidine rings is 1. The van der Waals surface area contributed by atoms with Gasteiger partial charge in [-0.2, -0.15) is 0 Å². The maximum atomic E-state index is 13.5. The number of aliphatic hydroxyl groups excluding tert-OH is 1. The number of anilines is 2. The summed E-state index contributed by atoms with van der Waals surface area (Å²) < 4.78 is 5.58. The average molecular weight is 498 g/mol. The van der Waals surface area contributed by atoms with Gasteiger partial charge in [0.05, 0.1) is 24.3 Å². The summed E-state index contributed by atoms with van der Waals surface area (Å²) in [6.45, 7) is 5.81. The molecule has 37 heavy (non-hydrogen) atoms. The second-order valence-electron chi connectivity index (χ2n) is 9.68. The van der Waals surface area contributed by atoms with E-state index in [2.05, 4.69) is 9.88 Å². The van der Waals surface area contributed by atoms with Gasteiger partial charge in [-0.3, -0.25) is 19.5 Å². The van der Waals surface area contributed by atoms with E-state index in [1.165, 1.54) is 31.3 Å². The minimum absolute atomic E-state index is 0.0274. The third kappa shape index (κ3) is 4.46. The molecule has 1 amide bonds. The third-order valence-electron chi connectivity index (χ3n) is 7.19. The van der Waals surface area contributed by atoms with Gasteiger partial charge in [0.2, 0.25) is 0 Å². The lowest BCUT2D eigenvalue weighted by molar-refractivity contribution is -0.132. The maximum absolute atomic E-state index is 13.5. The van der Waals surface area contributed by atoms with Crippen LogP contribution >= 0.6 is 0 Å². The summed E-state index contributed by atoms with van der Waals surface area (Å²) in [5.74, 6) is -1.21. The van der Waals surface area contributed by atoms with Gasteiger partial charge < -0.3 is 14.7 Å². The molecule has 2 aliphatic rings. The van der Waals surface area contributed by atoms with Crippen molar-refractivity contribution in [3.05, 3.63) is 88.8 Å². The molecule has 0 aliphatic carbocycles. The average Bonchev–Trinajstić information content (AvgIpc) is 3.19. The molecule has 190 valence electrons. The monoisotopic (exact) mass is 497 g/mol. The number of hydrogen-bond donors (Lipinski definition) is 1. The zero-order valence-electron chi connectivity index (χ0n) is 21.4. The van der Waals surface area contributed by atoms with E-state index in [4.69, 9.17) is 4.74 Å². The molecule has 0 spiro atoms. The van der Waals surface area contributed by atoms with Crippen molar-refractivity contribution in [2.75, 3.05) is 30.0 Å². The number of aromatic nitrogens is 1. The Balaban J connectivity index is 1.64. The Morgan fingerprint density at radius 1 is 0.946 bits per heavy atom. The molecule has 7 nitrogen and oxygen atoms in total. The highest BCUT2D eigenvalue weighted by molar-refractivity contribution is 6.51. The number of methoxy groups -OCH3 is 1. The van der Waals surface area contributed by atoms with Gasteiger partial charge in [0, 0.05) is 36.9 Å². The SMILES string of the molecule is COc1c(C)cc(C)cc1/C(O)=C1\C(=O)C(=O)N(c2ccc(N3CCCCC3)cc2)C1c1ccncc1. The number of carbonyl (C=O) groups excluding carboxylic acids is 2. The highest BCUT2D eigenvalue weighted by Crippen LogP contribution is 2.44. The molecule has 3 heterocycles. The first-order valence-corrected chi connectivity index (χ1v) is 12.6. The first-order chi connectivity index (χ1) is 17.9. The summed E-state index contributed by atoms with van der Waals surface area (Å²) >= 11 is 0. The zero-order valence-corrected chi connectivity index (χ0v) is 21.4. The molecule has 1 aromatic heterocycles. The number of Topliss-reactive ketones (excluding diaryl/α,β-unsaturated/α-hetero) is 1. The molecule has 5 rings (SSSR count). The second-order valence-corrected chi connectivity index (χ2v) is 9.68. The molecule has 2 aromatic carbocycles. The van der Waals surface area contributed by atoms with Crippen LogP contribution in [0.1, 0.15) is 47.6 Å². The number of aryl methyl sites for hydroxylation is 2. The molecule has 7 heteroatoms. The highest BCUT2D eigenvalue weighted by Gasteiger charge is 2.47. The maximum Gasteiger partial charge on any atom is 0.300 e. The quantitative estimate of drug-likeness (QED) is 0.292. The minimum Gasteiger partial charge on any atom is -0.507 e. The number of carbonyl (C=O) groups is 2. The van der Waals surface area contributed by atoms with Crippen LogP contribution in [-0.4, -0.2) is 42.0 Å². The van der Waals surface area contributed by atoms with Gasteiger partial charge in [-0.1, -0.05) is 6.07 Å². The number of amides is 1. The molecular formula is C30H31N3O4.